The summed E-state index contributed by atoms with van der Waals surface area (Å²) in [5.41, 5.74) is 1.05. The lowest BCUT2D eigenvalue weighted by molar-refractivity contribution is -0.150. The minimum absolute atomic E-state index is 0.160. The zero-order valence-electron chi connectivity index (χ0n) is 15.1. The van der Waals surface area contributed by atoms with Gasteiger partial charge in [-0.3, -0.25) is 9.59 Å². The second-order valence-electron chi connectivity index (χ2n) is 6.25. The fraction of sp³-hybridized carbons (Fsp3) is 0.300. The second kappa shape index (κ2) is 10.2. The molecule has 1 fully saturated rings. The second-order valence-corrected chi connectivity index (χ2v) is 8.65. The minimum Gasteiger partial charge on any atom is -0.455 e. The Hall–Kier alpha value is -1.70. The average molecular weight is 484 g/mol. The van der Waals surface area contributed by atoms with Crippen molar-refractivity contribution in [1.82, 2.24) is 4.90 Å². The van der Waals surface area contributed by atoms with E-state index in [-0.39, 0.29) is 24.2 Å². The fourth-order valence-electron chi connectivity index (χ4n) is 2.84. The highest BCUT2D eigenvalue weighted by atomic mass is 79.9. The van der Waals surface area contributed by atoms with Gasteiger partial charge in [0.25, 0.3) is 5.91 Å². The normalized spacial score (nSPS) is 14.1. The number of carbonyl (C=O) groups excluding carboxylic acids is 2. The van der Waals surface area contributed by atoms with Gasteiger partial charge in [0.05, 0.1) is 5.75 Å². The maximum absolute atomic E-state index is 12.3. The fourth-order valence-corrected chi connectivity index (χ4v) is 3.98. The first kappa shape index (κ1) is 21.0. The van der Waals surface area contributed by atoms with E-state index in [0.29, 0.717) is 18.1 Å². The summed E-state index contributed by atoms with van der Waals surface area (Å²) >= 11 is 10.8. The van der Waals surface area contributed by atoms with E-state index in [1.807, 2.05) is 48.5 Å². The van der Waals surface area contributed by atoms with Gasteiger partial charge in [-0.25, -0.2) is 0 Å². The number of anilines is 1. The van der Waals surface area contributed by atoms with E-state index in [4.69, 9.17) is 16.3 Å². The summed E-state index contributed by atoms with van der Waals surface area (Å²) in [5.74, 6) is -0.371. The lowest BCUT2D eigenvalue weighted by Gasteiger charge is -2.36. The Kier molecular flexibility index (Phi) is 7.65. The molecule has 0 unspecified atom stereocenters. The van der Waals surface area contributed by atoms with E-state index >= 15 is 0 Å². The van der Waals surface area contributed by atoms with Crippen molar-refractivity contribution < 1.29 is 14.3 Å². The van der Waals surface area contributed by atoms with Gasteiger partial charge in [0, 0.05) is 46.3 Å². The maximum Gasteiger partial charge on any atom is 0.316 e. The van der Waals surface area contributed by atoms with Crippen LogP contribution in [0, 0.1) is 0 Å². The summed E-state index contributed by atoms with van der Waals surface area (Å²) in [4.78, 5) is 29.1. The molecule has 28 heavy (non-hydrogen) atoms. The molecule has 3 rings (SSSR count). The molecule has 1 amide bonds. The van der Waals surface area contributed by atoms with Gasteiger partial charge in [0.2, 0.25) is 0 Å². The first-order valence-corrected chi connectivity index (χ1v) is 11.0. The van der Waals surface area contributed by atoms with Gasteiger partial charge < -0.3 is 14.5 Å². The molecular weight excluding hydrogens is 464 g/mol. The highest BCUT2D eigenvalue weighted by Gasteiger charge is 2.22. The van der Waals surface area contributed by atoms with Crippen LogP contribution in [-0.4, -0.2) is 55.3 Å². The van der Waals surface area contributed by atoms with Crippen molar-refractivity contribution in [3.63, 3.8) is 0 Å². The number of piperazine rings is 1. The topological polar surface area (TPSA) is 49.9 Å². The number of esters is 1. The average Bonchev–Trinajstić information content (AvgIpc) is 2.71. The predicted molar refractivity (Wildman–Crippen MR) is 116 cm³/mol. The molecule has 0 spiro atoms. The predicted octanol–water partition coefficient (Wildman–Crippen LogP) is 4.09. The van der Waals surface area contributed by atoms with Crippen molar-refractivity contribution in [2.75, 3.05) is 43.4 Å². The number of rotatable bonds is 6. The molecule has 148 valence electrons. The summed E-state index contributed by atoms with van der Waals surface area (Å²) in [6.45, 7) is 2.42. The van der Waals surface area contributed by atoms with Crippen LogP contribution in [0.2, 0.25) is 5.02 Å². The van der Waals surface area contributed by atoms with Crippen LogP contribution in [0.5, 0.6) is 0 Å². The van der Waals surface area contributed by atoms with Gasteiger partial charge in [0.1, 0.15) is 0 Å². The number of hydrogen-bond donors (Lipinski definition) is 0. The van der Waals surface area contributed by atoms with Crippen molar-refractivity contribution in [3.05, 3.63) is 58.0 Å². The molecule has 0 N–H and O–H groups in total. The molecule has 1 aliphatic rings. The molecule has 5 nitrogen and oxygen atoms in total. The highest BCUT2D eigenvalue weighted by Crippen LogP contribution is 2.22. The van der Waals surface area contributed by atoms with Crippen LogP contribution in [0.15, 0.2) is 57.9 Å². The monoisotopic (exact) mass is 482 g/mol. The summed E-state index contributed by atoms with van der Waals surface area (Å²) in [7, 11) is 0. The zero-order chi connectivity index (χ0) is 19.9. The summed E-state index contributed by atoms with van der Waals surface area (Å²) in [6.07, 6.45) is 0. The van der Waals surface area contributed by atoms with Gasteiger partial charge in [-0.1, -0.05) is 33.6 Å². The molecular formula is C20H20BrClN2O3S. The molecule has 0 atom stereocenters. The number of nitrogens with zero attached hydrogens (tertiary/aromatic N) is 2. The zero-order valence-corrected chi connectivity index (χ0v) is 18.3. The third-order valence-corrected chi connectivity index (χ3v) is 6.08. The minimum atomic E-state index is -0.390. The molecule has 0 saturated carbocycles. The third-order valence-electron chi connectivity index (χ3n) is 4.33. The Morgan fingerprint density at radius 1 is 1.07 bits per heavy atom. The number of halogens is 2. The van der Waals surface area contributed by atoms with Gasteiger partial charge in [0.15, 0.2) is 6.61 Å². The smallest absolute Gasteiger partial charge is 0.316 e. The van der Waals surface area contributed by atoms with E-state index in [9.17, 15) is 9.59 Å². The van der Waals surface area contributed by atoms with E-state index in [1.165, 1.54) is 11.8 Å². The van der Waals surface area contributed by atoms with Crippen molar-refractivity contribution in [1.29, 1.82) is 0 Å². The Balaban J connectivity index is 1.38. The van der Waals surface area contributed by atoms with Crippen molar-refractivity contribution >= 4 is 56.9 Å². The van der Waals surface area contributed by atoms with Crippen LogP contribution in [0.25, 0.3) is 0 Å². The molecule has 1 aliphatic heterocycles. The summed E-state index contributed by atoms with van der Waals surface area (Å²) in [5, 5.41) is 0.698. The van der Waals surface area contributed by atoms with Gasteiger partial charge in [-0.05, 0) is 42.5 Å². The lowest BCUT2D eigenvalue weighted by atomic mass is 10.2. The Morgan fingerprint density at radius 2 is 1.79 bits per heavy atom. The van der Waals surface area contributed by atoms with Crippen LogP contribution >= 0.6 is 39.3 Å². The summed E-state index contributed by atoms with van der Waals surface area (Å²) < 4.78 is 6.12. The highest BCUT2D eigenvalue weighted by molar-refractivity contribution is 9.10. The maximum atomic E-state index is 12.3. The number of hydrogen-bond acceptors (Lipinski definition) is 5. The van der Waals surface area contributed by atoms with E-state index in [0.717, 1.165) is 28.1 Å². The van der Waals surface area contributed by atoms with Crippen LogP contribution in [0.4, 0.5) is 5.69 Å². The number of amides is 1. The lowest BCUT2D eigenvalue weighted by Crippen LogP contribution is -2.50. The molecule has 0 radical (unpaired) electrons. The van der Waals surface area contributed by atoms with Crippen LogP contribution < -0.4 is 4.90 Å². The Labute approximate surface area is 182 Å². The van der Waals surface area contributed by atoms with E-state index in [2.05, 4.69) is 20.8 Å². The van der Waals surface area contributed by atoms with Crippen LogP contribution in [0.1, 0.15) is 0 Å². The molecule has 0 aromatic heterocycles. The number of ether oxygens (including phenoxy) is 1. The molecule has 0 aliphatic carbocycles. The molecule has 0 bridgehead atoms. The van der Waals surface area contributed by atoms with E-state index in [1.54, 1.807) is 4.90 Å². The third kappa shape index (κ3) is 6.15. The molecule has 1 saturated heterocycles. The summed E-state index contributed by atoms with van der Waals surface area (Å²) in [6, 6.07) is 15.4. The molecule has 2 aromatic carbocycles. The number of carbonyl (C=O) groups is 2. The van der Waals surface area contributed by atoms with Crippen LogP contribution in [-0.2, 0) is 14.3 Å². The van der Waals surface area contributed by atoms with Crippen molar-refractivity contribution in [3.8, 4) is 0 Å². The molecule has 2 aromatic rings. The number of thioether (sulfide) groups is 1. The standard InChI is InChI=1S/C20H20BrClN2O3S/c21-15-4-6-18(7-5-15)28-14-20(26)27-13-19(25)24-10-8-23(9-11-24)17-3-1-2-16(22)12-17/h1-7,12H,8-11,13-14H2. The van der Waals surface area contributed by atoms with Gasteiger partial charge in [-0.15, -0.1) is 11.8 Å². The Bertz CT molecular complexity index is 826. The quantitative estimate of drug-likeness (QED) is 0.458. The molecule has 8 heteroatoms. The van der Waals surface area contributed by atoms with Gasteiger partial charge >= 0.3 is 5.97 Å². The first-order valence-electron chi connectivity index (χ1n) is 8.83. The van der Waals surface area contributed by atoms with Gasteiger partial charge in [-0.2, -0.15) is 0 Å². The van der Waals surface area contributed by atoms with E-state index < -0.39 is 0 Å². The largest absolute Gasteiger partial charge is 0.455 e. The SMILES string of the molecule is O=C(CSc1ccc(Br)cc1)OCC(=O)N1CCN(c2cccc(Cl)c2)CC1. The van der Waals surface area contributed by atoms with Crippen LogP contribution in [0.3, 0.4) is 0 Å². The molecule has 1 heterocycles. The van der Waals surface area contributed by atoms with Crippen molar-refractivity contribution in [2.24, 2.45) is 0 Å². The van der Waals surface area contributed by atoms with Crippen molar-refractivity contribution in [2.45, 2.75) is 4.90 Å². The number of benzene rings is 2. The first-order chi connectivity index (χ1) is 13.5. The Morgan fingerprint density at radius 3 is 2.46 bits per heavy atom.